The molecule has 0 saturated heterocycles. The number of aryl methyl sites for hydroxylation is 1. The highest BCUT2D eigenvalue weighted by molar-refractivity contribution is 5.85. The van der Waals surface area contributed by atoms with Crippen LogP contribution in [0, 0.1) is 6.92 Å². The predicted molar refractivity (Wildman–Crippen MR) is 70.3 cm³/mol. The number of carbonyl (C=O) groups excluding carboxylic acids is 1. The van der Waals surface area contributed by atoms with Gasteiger partial charge in [0.2, 0.25) is 5.91 Å². The van der Waals surface area contributed by atoms with Gasteiger partial charge in [0.05, 0.1) is 12.6 Å². The molecule has 0 aliphatic rings. The Bertz CT molecular complexity index is 341. The van der Waals surface area contributed by atoms with E-state index in [9.17, 15) is 9.90 Å². The number of hydrogen-bond donors (Lipinski definition) is 3. The van der Waals surface area contributed by atoms with Crippen LogP contribution < -0.4 is 10.6 Å². The Balaban J connectivity index is 0.00000256. The first-order valence-corrected chi connectivity index (χ1v) is 5.29. The van der Waals surface area contributed by atoms with Crippen LogP contribution in [0.4, 0.5) is 0 Å². The number of halogens is 1. The van der Waals surface area contributed by atoms with Crippen LogP contribution in [0.25, 0.3) is 0 Å². The first kappa shape index (κ1) is 15.9. The summed E-state index contributed by atoms with van der Waals surface area (Å²) in [6, 6.07) is 7.61. The van der Waals surface area contributed by atoms with Crippen molar-refractivity contribution in [1.29, 1.82) is 0 Å². The number of aliphatic hydroxyl groups is 1. The summed E-state index contributed by atoms with van der Waals surface area (Å²) >= 11 is 0. The molecule has 0 spiro atoms. The second-order valence-electron chi connectivity index (χ2n) is 3.76. The van der Waals surface area contributed by atoms with Gasteiger partial charge in [0.1, 0.15) is 0 Å². The molecule has 0 aliphatic carbocycles. The number of amides is 1. The average molecular weight is 259 g/mol. The second-order valence-corrected chi connectivity index (χ2v) is 3.76. The van der Waals surface area contributed by atoms with E-state index < -0.39 is 6.10 Å². The molecular weight excluding hydrogens is 240 g/mol. The third-order valence-corrected chi connectivity index (χ3v) is 2.29. The minimum absolute atomic E-state index is 0. The molecule has 4 nitrogen and oxygen atoms in total. The molecule has 1 rings (SSSR count). The molecule has 96 valence electrons. The lowest BCUT2D eigenvalue weighted by Gasteiger charge is -2.12. The van der Waals surface area contributed by atoms with Crippen LogP contribution in [0.1, 0.15) is 17.2 Å². The number of hydrogen-bond acceptors (Lipinski definition) is 3. The summed E-state index contributed by atoms with van der Waals surface area (Å²) in [5.41, 5.74) is 1.96. The third kappa shape index (κ3) is 5.68. The molecule has 0 saturated carbocycles. The van der Waals surface area contributed by atoms with Gasteiger partial charge >= 0.3 is 0 Å². The highest BCUT2D eigenvalue weighted by Gasteiger charge is 2.08. The van der Waals surface area contributed by atoms with Gasteiger partial charge in [-0.25, -0.2) is 0 Å². The molecule has 17 heavy (non-hydrogen) atoms. The SMILES string of the molecule is CNCC(=O)NCC(O)c1ccc(C)cc1.Cl. The van der Waals surface area contributed by atoms with Gasteiger partial charge in [-0.1, -0.05) is 29.8 Å². The van der Waals surface area contributed by atoms with E-state index in [1.807, 2.05) is 31.2 Å². The average Bonchev–Trinajstić information content (AvgIpc) is 2.27. The van der Waals surface area contributed by atoms with Crippen LogP contribution >= 0.6 is 12.4 Å². The molecule has 1 unspecified atom stereocenters. The van der Waals surface area contributed by atoms with E-state index >= 15 is 0 Å². The van der Waals surface area contributed by atoms with E-state index in [0.29, 0.717) is 0 Å². The molecular formula is C12H19ClN2O2. The van der Waals surface area contributed by atoms with Gasteiger partial charge in [-0.3, -0.25) is 4.79 Å². The van der Waals surface area contributed by atoms with Crippen molar-refractivity contribution >= 4 is 18.3 Å². The molecule has 0 aliphatic heterocycles. The summed E-state index contributed by atoms with van der Waals surface area (Å²) in [7, 11) is 1.70. The molecule has 1 amide bonds. The van der Waals surface area contributed by atoms with Crippen molar-refractivity contribution in [2.24, 2.45) is 0 Å². The summed E-state index contributed by atoms with van der Waals surface area (Å²) in [5, 5.41) is 15.2. The van der Waals surface area contributed by atoms with E-state index in [0.717, 1.165) is 11.1 Å². The zero-order chi connectivity index (χ0) is 12.0. The maximum Gasteiger partial charge on any atom is 0.234 e. The number of benzene rings is 1. The van der Waals surface area contributed by atoms with Crippen molar-refractivity contribution in [3.8, 4) is 0 Å². The molecule has 0 heterocycles. The summed E-state index contributed by atoms with van der Waals surface area (Å²) in [6.07, 6.45) is -0.651. The molecule has 1 aromatic rings. The number of likely N-dealkylation sites (N-methyl/N-ethyl adjacent to an activating group) is 1. The Kier molecular flexibility index (Phi) is 7.54. The molecule has 1 atom stereocenters. The normalized spacial score (nSPS) is 11.5. The number of aliphatic hydroxyl groups excluding tert-OH is 1. The molecule has 0 bridgehead atoms. The van der Waals surface area contributed by atoms with E-state index in [1.165, 1.54) is 0 Å². The summed E-state index contributed by atoms with van der Waals surface area (Å²) < 4.78 is 0. The summed E-state index contributed by atoms with van der Waals surface area (Å²) in [6.45, 7) is 2.50. The standard InChI is InChI=1S/C12H18N2O2.ClH/c1-9-3-5-10(6-4-9)11(15)7-14-12(16)8-13-2;/h3-6,11,13,15H,7-8H2,1-2H3,(H,14,16);1H. The smallest absolute Gasteiger partial charge is 0.234 e. The fraction of sp³-hybridized carbons (Fsp3) is 0.417. The van der Waals surface area contributed by atoms with E-state index in [1.54, 1.807) is 7.05 Å². The Morgan fingerprint density at radius 1 is 1.35 bits per heavy atom. The Morgan fingerprint density at radius 2 is 1.94 bits per heavy atom. The quantitative estimate of drug-likeness (QED) is 0.732. The lowest BCUT2D eigenvalue weighted by atomic mass is 10.1. The Morgan fingerprint density at radius 3 is 2.47 bits per heavy atom. The van der Waals surface area contributed by atoms with Crippen LogP contribution in [0.5, 0.6) is 0 Å². The van der Waals surface area contributed by atoms with E-state index in [2.05, 4.69) is 10.6 Å². The van der Waals surface area contributed by atoms with Gasteiger partial charge in [-0.15, -0.1) is 12.4 Å². The van der Waals surface area contributed by atoms with Crippen molar-refractivity contribution in [2.45, 2.75) is 13.0 Å². The van der Waals surface area contributed by atoms with Gasteiger partial charge in [0, 0.05) is 6.54 Å². The van der Waals surface area contributed by atoms with Crippen molar-refractivity contribution in [1.82, 2.24) is 10.6 Å². The monoisotopic (exact) mass is 258 g/mol. The topological polar surface area (TPSA) is 61.4 Å². The first-order chi connectivity index (χ1) is 7.63. The van der Waals surface area contributed by atoms with Crippen LogP contribution in [0.15, 0.2) is 24.3 Å². The number of rotatable bonds is 5. The summed E-state index contributed by atoms with van der Waals surface area (Å²) in [5.74, 6) is -0.117. The largest absolute Gasteiger partial charge is 0.387 e. The van der Waals surface area contributed by atoms with Crippen molar-refractivity contribution < 1.29 is 9.90 Å². The molecule has 5 heteroatoms. The van der Waals surface area contributed by atoms with Crippen LogP contribution in [0.2, 0.25) is 0 Å². The lowest BCUT2D eigenvalue weighted by molar-refractivity contribution is -0.120. The third-order valence-electron chi connectivity index (χ3n) is 2.29. The highest BCUT2D eigenvalue weighted by Crippen LogP contribution is 2.12. The van der Waals surface area contributed by atoms with Crippen LogP contribution in [-0.2, 0) is 4.79 Å². The van der Waals surface area contributed by atoms with E-state index in [-0.39, 0.29) is 31.4 Å². The molecule has 0 radical (unpaired) electrons. The van der Waals surface area contributed by atoms with Gasteiger partial charge < -0.3 is 15.7 Å². The maximum absolute atomic E-state index is 11.1. The zero-order valence-electron chi connectivity index (χ0n) is 10.1. The minimum Gasteiger partial charge on any atom is -0.387 e. The van der Waals surface area contributed by atoms with Crippen LogP contribution in [0.3, 0.4) is 0 Å². The van der Waals surface area contributed by atoms with Gasteiger partial charge in [0.25, 0.3) is 0 Å². The Hall–Kier alpha value is -1.10. The van der Waals surface area contributed by atoms with Crippen molar-refractivity contribution in [2.75, 3.05) is 20.1 Å². The Labute approximate surface area is 108 Å². The zero-order valence-corrected chi connectivity index (χ0v) is 10.9. The molecule has 3 N–H and O–H groups in total. The molecule has 1 aromatic carbocycles. The van der Waals surface area contributed by atoms with E-state index in [4.69, 9.17) is 0 Å². The minimum atomic E-state index is -0.651. The maximum atomic E-state index is 11.1. The predicted octanol–water partition coefficient (Wildman–Crippen LogP) is 0.786. The lowest BCUT2D eigenvalue weighted by Crippen LogP contribution is -2.34. The fourth-order valence-corrected chi connectivity index (χ4v) is 1.34. The van der Waals surface area contributed by atoms with Gasteiger partial charge in [-0.05, 0) is 19.5 Å². The number of nitrogens with one attached hydrogen (secondary N) is 2. The number of carbonyl (C=O) groups is 1. The molecule has 0 aromatic heterocycles. The highest BCUT2D eigenvalue weighted by atomic mass is 35.5. The fourth-order valence-electron chi connectivity index (χ4n) is 1.34. The van der Waals surface area contributed by atoms with Crippen molar-refractivity contribution in [3.05, 3.63) is 35.4 Å². The van der Waals surface area contributed by atoms with Crippen LogP contribution in [-0.4, -0.2) is 31.2 Å². The first-order valence-electron chi connectivity index (χ1n) is 5.29. The second kappa shape index (κ2) is 8.06. The van der Waals surface area contributed by atoms with Gasteiger partial charge in [0.15, 0.2) is 0 Å². The summed E-state index contributed by atoms with van der Waals surface area (Å²) in [4.78, 5) is 11.1. The molecule has 0 fully saturated rings. The van der Waals surface area contributed by atoms with Crippen molar-refractivity contribution in [3.63, 3.8) is 0 Å². The van der Waals surface area contributed by atoms with Gasteiger partial charge in [-0.2, -0.15) is 0 Å².